The molecule has 0 N–H and O–H groups in total. The summed E-state index contributed by atoms with van der Waals surface area (Å²) in [5.41, 5.74) is -3.56. The quantitative estimate of drug-likeness (QED) is 0.474. The number of sulfone groups is 2. The Kier molecular flexibility index (Phi) is 4.85. The van der Waals surface area contributed by atoms with Crippen LogP contribution >= 0.6 is 0 Å². The van der Waals surface area contributed by atoms with Crippen molar-refractivity contribution in [2.75, 3.05) is 11.5 Å². The molecule has 0 bridgehead atoms. The first-order chi connectivity index (χ1) is 13.6. The molecule has 8 nitrogen and oxygen atoms in total. The number of ketones is 3. The maximum atomic E-state index is 13.2. The van der Waals surface area contributed by atoms with Crippen LogP contribution in [-0.2, 0) is 38.9 Å². The van der Waals surface area contributed by atoms with Crippen LogP contribution in [-0.4, -0.2) is 51.6 Å². The highest BCUT2D eigenvalue weighted by Crippen LogP contribution is 2.47. The van der Waals surface area contributed by atoms with Crippen LogP contribution in [0.25, 0.3) is 0 Å². The zero-order chi connectivity index (χ0) is 22.9. The van der Waals surface area contributed by atoms with Crippen LogP contribution in [0, 0.1) is 17.8 Å². The number of carbonyl (C=O) groups is 3. The zero-order valence-corrected chi connectivity index (χ0v) is 18.4. The molecule has 2 aliphatic rings. The normalized spacial score (nSPS) is 29.1. The summed E-state index contributed by atoms with van der Waals surface area (Å²) in [6.07, 6.45) is 0.772. The topological polar surface area (TPSA) is 137 Å². The van der Waals surface area contributed by atoms with Gasteiger partial charge in [0.1, 0.15) is 17.3 Å². The fraction of sp³-hybridized carbons (Fsp3) is 0.450. The van der Waals surface area contributed by atoms with Gasteiger partial charge in [-0.1, -0.05) is 6.07 Å². The molecule has 1 saturated carbocycles. The lowest BCUT2D eigenvalue weighted by atomic mass is 9.56. The summed E-state index contributed by atoms with van der Waals surface area (Å²) >= 11 is 0. The number of hydrogen-bond acceptors (Lipinski definition) is 8. The van der Waals surface area contributed by atoms with Gasteiger partial charge in [0.05, 0.1) is 26.7 Å². The van der Waals surface area contributed by atoms with Crippen LogP contribution < -0.4 is 0 Å². The Morgan fingerprint density at radius 1 is 0.967 bits per heavy atom. The van der Waals surface area contributed by atoms with Gasteiger partial charge in [-0.3, -0.25) is 14.4 Å². The van der Waals surface area contributed by atoms with Gasteiger partial charge in [0, 0.05) is 6.08 Å². The van der Waals surface area contributed by atoms with Crippen molar-refractivity contribution >= 4 is 43.0 Å². The number of Topliss-reactive ketones (excluding diaryl/α,β-unsaturated/α-hetero) is 3. The second-order valence-electron chi connectivity index (χ2n) is 8.32. The summed E-state index contributed by atoms with van der Waals surface area (Å²) in [5, 5.41) is 0. The zero-order valence-electron chi connectivity index (χ0n) is 16.8. The van der Waals surface area contributed by atoms with Crippen molar-refractivity contribution in [1.82, 2.24) is 0 Å². The van der Waals surface area contributed by atoms with Crippen molar-refractivity contribution in [2.45, 2.75) is 43.4 Å². The van der Waals surface area contributed by atoms with E-state index in [-0.39, 0.29) is 16.0 Å². The van der Waals surface area contributed by atoms with E-state index < -0.39 is 70.2 Å². The van der Waals surface area contributed by atoms with Crippen molar-refractivity contribution in [3.05, 3.63) is 29.3 Å². The molecule has 160 valence electrons. The molecule has 1 aliphatic carbocycles. The molecule has 0 radical (unpaired) electrons. The summed E-state index contributed by atoms with van der Waals surface area (Å²) in [5.74, 6) is -3.61. The molecule has 0 spiro atoms. The average molecular weight is 453 g/mol. The third-order valence-corrected chi connectivity index (χ3v) is 10.1. The lowest BCUT2D eigenvalue weighted by Crippen LogP contribution is -2.57. The minimum Gasteiger partial charge on any atom is -0.297 e. The first kappa shape index (κ1) is 22.3. The van der Waals surface area contributed by atoms with Gasteiger partial charge in [0.15, 0.2) is 37.0 Å². The predicted molar refractivity (Wildman–Crippen MR) is 105 cm³/mol. The molecular formula is C20H20O8S2. The molecule has 2 unspecified atom stereocenters. The summed E-state index contributed by atoms with van der Waals surface area (Å²) in [7, 11) is -7.79. The predicted octanol–water partition coefficient (Wildman–Crippen LogP) is 0.781. The maximum absolute atomic E-state index is 13.2. The van der Waals surface area contributed by atoms with Crippen LogP contribution in [0.3, 0.4) is 0 Å². The van der Waals surface area contributed by atoms with Crippen LogP contribution in [0.1, 0.15) is 37.8 Å². The van der Waals surface area contributed by atoms with Crippen LogP contribution in [0.2, 0.25) is 0 Å². The first-order valence-electron chi connectivity index (χ1n) is 9.07. The number of rotatable bonds is 2. The molecule has 1 heterocycles. The van der Waals surface area contributed by atoms with E-state index in [0.717, 1.165) is 12.1 Å². The molecular weight excluding hydrogens is 432 g/mol. The Hall–Kier alpha value is -2.42. The van der Waals surface area contributed by atoms with Crippen molar-refractivity contribution in [1.29, 1.82) is 0 Å². The van der Waals surface area contributed by atoms with Gasteiger partial charge in [-0.2, -0.15) is 0 Å². The highest BCUT2D eigenvalue weighted by Gasteiger charge is 2.60. The second kappa shape index (κ2) is 6.54. The van der Waals surface area contributed by atoms with Crippen LogP contribution in [0.4, 0.5) is 0 Å². The molecule has 2 atom stereocenters. The molecule has 10 heteroatoms. The molecule has 0 aromatic heterocycles. The highest BCUT2D eigenvalue weighted by atomic mass is 32.2. The second-order valence-corrected chi connectivity index (χ2v) is 12.4. The lowest BCUT2D eigenvalue weighted by Gasteiger charge is -2.41. The minimum absolute atomic E-state index is 0.00974. The van der Waals surface area contributed by atoms with Gasteiger partial charge < -0.3 is 0 Å². The smallest absolute Gasteiger partial charge is 0.180 e. The monoisotopic (exact) mass is 452 g/mol. The SMILES string of the molecule is Cc1c(C2C(=O)C(C)(C)C(=O)C(C)(C=C=O)C2=O)ccc2c1S(=O)(=O)CCS2(=O)=O. The molecule has 0 saturated heterocycles. The minimum atomic E-state index is -3.96. The maximum Gasteiger partial charge on any atom is 0.180 e. The molecule has 1 aliphatic heterocycles. The Morgan fingerprint density at radius 2 is 1.53 bits per heavy atom. The Labute approximate surface area is 174 Å². The van der Waals surface area contributed by atoms with Gasteiger partial charge >= 0.3 is 0 Å². The third-order valence-electron chi connectivity index (χ3n) is 6.03. The van der Waals surface area contributed by atoms with Crippen LogP contribution in [0.15, 0.2) is 28.0 Å². The molecule has 1 aromatic rings. The Balaban J connectivity index is 2.36. The van der Waals surface area contributed by atoms with Gasteiger partial charge in [-0.25, -0.2) is 21.6 Å². The van der Waals surface area contributed by atoms with E-state index in [1.807, 2.05) is 0 Å². The summed E-state index contributed by atoms with van der Waals surface area (Å²) in [4.78, 5) is 49.4. The molecule has 1 aromatic carbocycles. The van der Waals surface area contributed by atoms with E-state index >= 15 is 0 Å². The van der Waals surface area contributed by atoms with E-state index in [1.165, 1.54) is 39.7 Å². The van der Waals surface area contributed by atoms with Crippen molar-refractivity contribution < 1.29 is 36.0 Å². The van der Waals surface area contributed by atoms with Gasteiger partial charge in [0.2, 0.25) is 0 Å². The lowest BCUT2D eigenvalue weighted by molar-refractivity contribution is -0.155. The van der Waals surface area contributed by atoms with E-state index in [0.29, 0.717) is 0 Å². The van der Waals surface area contributed by atoms with E-state index in [1.54, 1.807) is 0 Å². The summed E-state index contributed by atoms with van der Waals surface area (Å²) in [6, 6.07) is 2.32. The van der Waals surface area contributed by atoms with Crippen molar-refractivity contribution in [3.63, 3.8) is 0 Å². The largest absolute Gasteiger partial charge is 0.297 e. The molecule has 1 fully saturated rings. The average Bonchev–Trinajstić information content (AvgIpc) is 2.64. The number of fused-ring (bicyclic) bond motifs is 1. The number of benzene rings is 1. The number of allylic oxidation sites excluding steroid dienone is 1. The van der Waals surface area contributed by atoms with E-state index in [2.05, 4.69) is 0 Å². The number of hydrogen-bond donors (Lipinski definition) is 0. The molecule has 3 rings (SSSR count). The third kappa shape index (κ3) is 2.85. The van der Waals surface area contributed by atoms with Gasteiger partial charge in [-0.15, -0.1) is 0 Å². The van der Waals surface area contributed by atoms with E-state index in [4.69, 9.17) is 0 Å². The molecule has 0 amide bonds. The fourth-order valence-corrected chi connectivity index (χ4v) is 8.86. The van der Waals surface area contributed by atoms with Crippen LogP contribution in [0.5, 0.6) is 0 Å². The van der Waals surface area contributed by atoms with Gasteiger partial charge in [0.25, 0.3) is 0 Å². The van der Waals surface area contributed by atoms with Crippen molar-refractivity contribution in [2.24, 2.45) is 10.8 Å². The van der Waals surface area contributed by atoms with Crippen molar-refractivity contribution in [3.8, 4) is 0 Å². The molecule has 30 heavy (non-hydrogen) atoms. The standard InChI is InChI=1S/C20H20O8S2/c1-11-12(5-6-13-15(11)30(27,28)10-9-29(13,25)26)14-16(22)19(2,3)18(24)20(4,7-8-21)17(14)23/h5-7,14H,9-10H2,1-4H3. The summed E-state index contributed by atoms with van der Waals surface area (Å²) in [6.45, 7) is 5.23. The Bertz CT molecular complexity index is 1280. The highest BCUT2D eigenvalue weighted by molar-refractivity contribution is 7.98. The van der Waals surface area contributed by atoms with Gasteiger partial charge in [-0.05, 0) is 44.9 Å². The first-order valence-corrected chi connectivity index (χ1v) is 12.4. The Morgan fingerprint density at radius 3 is 2.10 bits per heavy atom. The number of carbonyl (C=O) groups excluding carboxylic acids is 4. The summed E-state index contributed by atoms with van der Waals surface area (Å²) < 4.78 is 50.0. The van der Waals surface area contributed by atoms with E-state index in [9.17, 15) is 36.0 Å². The fourth-order valence-electron chi connectivity index (χ4n) is 4.25.